The minimum atomic E-state index is -3.71. The smallest absolute Gasteiger partial charge is 0.296 e. The highest BCUT2D eigenvalue weighted by Gasteiger charge is 2.67. The molecule has 2 aromatic carbocycles. The van der Waals surface area contributed by atoms with Crippen LogP contribution in [-0.4, -0.2) is 79.7 Å². The molecule has 3 saturated heterocycles. The minimum Gasteiger partial charge on any atom is -0.507 e. The zero-order valence-electron chi connectivity index (χ0n) is 22.2. The molecule has 4 aliphatic rings. The number of ether oxygens (including phenoxy) is 1. The molecule has 2 aromatic rings. The van der Waals surface area contributed by atoms with E-state index in [9.17, 15) is 27.9 Å². The van der Waals surface area contributed by atoms with Crippen molar-refractivity contribution >= 4 is 39.1 Å². The fourth-order valence-corrected chi connectivity index (χ4v) is 7.91. The molecule has 0 radical (unpaired) electrons. The molecule has 2 amide bonds. The van der Waals surface area contributed by atoms with Crippen molar-refractivity contribution in [2.24, 2.45) is 0 Å². The number of para-hydroxylation sites is 1. The van der Waals surface area contributed by atoms with Gasteiger partial charge in [-0.15, -0.1) is 0 Å². The lowest BCUT2D eigenvalue weighted by Crippen LogP contribution is -2.53. The van der Waals surface area contributed by atoms with Gasteiger partial charge in [-0.3, -0.25) is 14.4 Å². The van der Waals surface area contributed by atoms with Crippen molar-refractivity contribution in [3.05, 3.63) is 65.2 Å². The fourth-order valence-electron chi connectivity index (χ4n) is 6.40. The summed E-state index contributed by atoms with van der Waals surface area (Å²) < 4.78 is 33.5. The minimum absolute atomic E-state index is 0.0162. The quantitative estimate of drug-likeness (QED) is 0.336. The first-order valence-corrected chi connectivity index (χ1v) is 15.0. The molecule has 2 atom stereocenters. The van der Waals surface area contributed by atoms with Gasteiger partial charge in [0.25, 0.3) is 17.6 Å². The van der Waals surface area contributed by atoms with Crippen LogP contribution >= 0.6 is 0 Å². The number of anilines is 1. The standard InChI is InChI=1S/C29H31N3O7S/c1-30-23-10-4-3-9-22(23)29(28(30)36)24(26(34)27(35)32(29)18-20-8-7-17-39-20)25(33)19-11-13-21(14-12-19)40(37,38)31-15-5-2-6-16-31/h3-4,9-14,20,33H,2,5-8,15-18H2,1H3/b25-24+. The van der Waals surface area contributed by atoms with Crippen LogP contribution in [-0.2, 0) is 34.7 Å². The van der Waals surface area contributed by atoms with Gasteiger partial charge in [-0.2, -0.15) is 4.31 Å². The van der Waals surface area contributed by atoms with E-state index in [0.29, 0.717) is 37.4 Å². The first-order chi connectivity index (χ1) is 19.2. The summed E-state index contributed by atoms with van der Waals surface area (Å²) >= 11 is 0. The van der Waals surface area contributed by atoms with Gasteiger partial charge in [-0.25, -0.2) is 8.42 Å². The molecule has 1 N–H and O–H groups in total. The van der Waals surface area contributed by atoms with Crippen molar-refractivity contribution < 1.29 is 32.6 Å². The van der Waals surface area contributed by atoms with E-state index >= 15 is 0 Å². The van der Waals surface area contributed by atoms with Crippen molar-refractivity contribution in [1.82, 2.24) is 9.21 Å². The first kappa shape index (κ1) is 26.7. The Labute approximate surface area is 232 Å². The van der Waals surface area contributed by atoms with Crippen LogP contribution in [0.15, 0.2) is 59.0 Å². The molecular formula is C29H31N3O7S. The van der Waals surface area contributed by atoms with E-state index in [1.807, 2.05) is 0 Å². The second kappa shape index (κ2) is 9.83. The number of carbonyl (C=O) groups excluding carboxylic acids is 3. The second-order valence-electron chi connectivity index (χ2n) is 10.7. The topological polar surface area (TPSA) is 125 Å². The van der Waals surface area contributed by atoms with Gasteiger partial charge in [0.05, 0.1) is 16.6 Å². The summed E-state index contributed by atoms with van der Waals surface area (Å²) in [4.78, 5) is 44.0. The number of rotatable bonds is 5. The number of hydrogen-bond acceptors (Lipinski definition) is 7. The Hall–Kier alpha value is -3.54. The number of amides is 2. The number of likely N-dealkylation sites (tertiary alicyclic amines) is 1. The van der Waals surface area contributed by atoms with Gasteiger partial charge in [-0.1, -0.05) is 24.6 Å². The molecule has 10 nitrogen and oxygen atoms in total. The summed E-state index contributed by atoms with van der Waals surface area (Å²) in [6, 6.07) is 12.5. The highest BCUT2D eigenvalue weighted by atomic mass is 32.2. The summed E-state index contributed by atoms with van der Waals surface area (Å²) in [6.45, 7) is 1.45. The van der Waals surface area contributed by atoms with Crippen LogP contribution in [0.25, 0.3) is 5.76 Å². The largest absolute Gasteiger partial charge is 0.507 e. The number of benzene rings is 2. The summed E-state index contributed by atoms with van der Waals surface area (Å²) in [5.41, 5.74) is -1.12. The number of sulfonamides is 1. The third-order valence-corrected chi connectivity index (χ3v) is 10.3. The van der Waals surface area contributed by atoms with E-state index in [-0.39, 0.29) is 28.7 Å². The van der Waals surface area contributed by atoms with Crippen LogP contribution in [0.3, 0.4) is 0 Å². The number of carbonyl (C=O) groups is 3. The fraction of sp³-hybridized carbons (Fsp3) is 0.414. The molecule has 11 heteroatoms. The average Bonchev–Trinajstić information content (AvgIpc) is 3.63. The summed E-state index contributed by atoms with van der Waals surface area (Å²) in [5.74, 6) is -2.93. The Bertz CT molecular complexity index is 1520. The molecular weight excluding hydrogens is 534 g/mol. The monoisotopic (exact) mass is 565 g/mol. The third-order valence-electron chi connectivity index (χ3n) is 8.43. The van der Waals surface area contributed by atoms with E-state index in [2.05, 4.69) is 0 Å². The highest BCUT2D eigenvalue weighted by Crippen LogP contribution is 2.53. The molecule has 210 valence electrons. The lowest BCUT2D eigenvalue weighted by Gasteiger charge is -2.35. The molecule has 4 heterocycles. The number of likely N-dealkylation sites (N-methyl/N-ethyl adjacent to an activating group) is 1. The van der Waals surface area contributed by atoms with Crippen LogP contribution in [0.2, 0.25) is 0 Å². The molecule has 2 unspecified atom stereocenters. The zero-order chi connectivity index (χ0) is 28.2. The van der Waals surface area contributed by atoms with E-state index in [1.165, 1.54) is 38.4 Å². The number of fused-ring (bicyclic) bond motifs is 2. The van der Waals surface area contributed by atoms with Gasteiger partial charge < -0.3 is 19.6 Å². The molecule has 0 aromatic heterocycles. The molecule has 0 aliphatic carbocycles. The molecule has 0 bridgehead atoms. The van der Waals surface area contributed by atoms with Gasteiger partial charge in [0, 0.05) is 50.1 Å². The maximum absolute atomic E-state index is 14.1. The Morgan fingerprint density at radius 2 is 1.70 bits per heavy atom. The Morgan fingerprint density at radius 3 is 2.38 bits per heavy atom. The van der Waals surface area contributed by atoms with E-state index in [4.69, 9.17) is 4.74 Å². The third kappa shape index (κ3) is 3.82. The van der Waals surface area contributed by atoms with Gasteiger partial charge in [0.1, 0.15) is 5.76 Å². The van der Waals surface area contributed by atoms with Crippen LogP contribution in [0.5, 0.6) is 0 Å². The van der Waals surface area contributed by atoms with E-state index < -0.39 is 38.9 Å². The van der Waals surface area contributed by atoms with E-state index in [0.717, 1.165) is 25.7 Å². The van der Waals surface area contributed by atoms with Gasteiger partial charge in [0.2, 0.25) is 10.0 Å². The normalized spacial score (nSPS) is 26.7. The Morgan fingerprint density at radius 1 is 1.00 bits per heavy atom. The maximum Gasteiger partial charge on any atom is 0.296 e. The maximum atomic E-state index is 14.1. The summed E-state index contributed by atoms with van der Waals surface area (Å²) in [5, 5.41) is 11.6. The number of nitrogens with zero attached hydrogens (tertiary/aromatic N) is 3. The van der Waals surface area contributed by atoms with Crippen molar-refractivity contribution in [3.8, 4) is 0 Å². The van der Waals surface area contributed by atoms with Gasteiger partial charge in [0.15, 0.2) is 5.54 Å². The number of ketones is 1. The van der Waals surface area contributed by atoms with Crippen molar-refractivity contribution in [2.75, 3.05) is 38.2 Å². The van der Waals surface area contributed by atoms with Gasteiger partial charge >= 0.3 is 0 Å². The Kier molecular flexibility index (Phi) is 6.55. The van der Waals surface area contributed by atoms with Crippen LogP contribution < -0.4 is 4.90 Å². The summed E-state index contributed by atoms with van der Waals surface area (Å²) in [6.07, 6.45) is 3.72. The van der Waals surface area contributed by atoms with Gasteiger partial charge in [-0.05, 0) is 56.0 Å². The van der Waals surface area contributed by atoms with E-state index in [1.54, 1.807) is 31.3 Å². The highest BCUT2D eigenvalue weighted by molar-refractivity contribution is 7.89. The SMILES string of the molecule is CN1C(=O)C2(/C(=C(/O)c3ccc(S(=O)(=O)N4CCCCC4)cc3)C(=O)C(=O)N2CC2CCCO2)c2ccccc21. The average molecular weight is 566 g/mol. The van der Waals surface area contributed by atoms with Crippen LogP contribution in [0, 0.1) is 0 Å². The van der Waals surface area contributed by atoms with Crippen molar-refractivity contribution in [2.45, 2.75) is 48.6 Å². The molecule has 0 saturated carbocycles. The van der Waals surface area contributed by atoms with Crippen LogP contribution in [0.4, 0.5) is 5.69 Å². The van der Waals surface area contributed by atoms with Crippen LogP contribution in [0.1, 0.15) is 43.2 Å². The molecule has 1 spiro atoms. The predicted octanol–water partition coefficient (Wildman–Crippen LogP) is 2.59. The lowest BCUT2D eigenvalue weighted by molar-refractivity contribution is -0.145. The molecule has 4 aliphatic heterocycles. The van der Waals surface area contributed by atoms with Crippen molar-refractivity contribution in [3.63, 3.8) is 0 Å². The number of aliphatic hydroxyl groups is 1. The predicted molar refractivity (Wildman–Crippen MR) is 146 cm³/mol. The second-order valence-corrected chi connectivity index (χ2v) is 12.6. The number of Topliss-reactive ketones (excluding diaryl/α,β-unsaturated/α-hetero) is 1. The number of piperidine rings is 1. The zero-order valence-corrected chi connectivity index (χ0v) is 23.0. The number of aliphatic hydroxyl groups excluding tert-OH is 1. The van der Waals surface area contributed by atoms with Crippen molar-refractivity contribution in [1.29, 1.82) is 0 Å². The summed E-state index contributed by atoms with van der Waals surface area (Å²) in [7, 11) is -2.14. The first-order valence-electron chi connectivity index (χ1n) is 13.6. The Balaban J connectivity index is 1.48. The molecule has 6 rings (SSSR count). The molecule has 40 heavy (non-hydrogen) atoms. The lowest BCUT2D eigenvalue weighted by atomic mass is 9.81. The number of hydrogen-bond donors (Lipinski definition) is 1. The molecule has 3 fully saturated rings.